The number of carbonyl (C=O) groups excluding carboxylic acids is 1. The van der Waals surface area contributed by atoms with Crippen molar-refractivity contribution in [2.24, 2.45) is 11.8 Å². The summed E-state index contributed by atoms with van der Waals surface area (Å²) in [7, 11) is 0. The Labute approximate surface area is 150 Å². The normalized spacial score (nSPS) is 25.2. The van der Waals surface area contributed by atoms with Gasteiger partial charge in [-0.05, 0) is 25.7 Å². The fourth-order valence-corrected chi connectivity index (χ4v) is 3.22. The maximum atomic E-state index is 12.1. The summed E-state index contributed by atoms with van der Waals surface area (Å²) < 4.78 is 0. The lowest BCUT2D eigenvalue weighted by Crippen LogP contribution is -2.18. The van der Waals surface area contributed by atoms with Gasteiger partial charge in [0.25, 0.3) is 0 Å². The number of aliphatic hydroxyl groups is 2. The van der Waals surface area contributed by atoms with Crippen molar-refractivity contribution in [1.29, 1.82) is 0 Å². The van der Waals surface area contributed by atoms with Crippen molar-refractivity contribution in [1.82, 2.24) is 0 Å². The molecule has 1 rings (SSSR count). The fourth-order valence-electron chi connectivity index (χ4n) is 3.22. The zero-order valence-electron chi connectivity index (χ0n) is 15.1. The summed E-state index contributed by atoms with van der Waals surface area (Å²) >= 11 is 0. The lowest BCUT2D eigenvalue weighted by molar-refractivity contribution is -0.137. The minimum absolute atomic E-state index is 0.0535. The smallest absolute Gasteiger partial charge is 0.303 e. The molecule has 0 aliphatic heterocycles. The van der Waals surface area contributed by atoms with E-state index in [1.807, 2.05) is 12.2 Å². The predicted octanol–water partition coefficient (Wildman–Crippen LogP) is 3.25. The number of ketones is 1. The van der Waals surface area contributed by atoms with Gasteiger partial charge in [-0.3, -0.25) is 9.59 Å². The van der Waals surface area contributed by atoms with E-state index in [1.165, 1.54) is 0 Å². The van der Waals surface area contributed by atoms with E-state index >= 15 is 0 Å². The molecule has 1 aliphatic carbocycles. The SMILES string of the molecule is CCCCC[C@@H](O)/C=C/[C@H]1C(O)CC(=O)[C@H]1C/C=C\CCCC(=O)O. The maximum absolute atomic E-state index is 12.1. The van der Waals surface area contributed by atoms with Crippen LogP contribution in [0.1, 0.15) is 64.7 Å². The summed E-state index contributed by atoms with van der Waals surface area (Å²) in [4.78, 5) is 22.5. The summed E-state index contributed by atoms with van der Waals surface area (Å²) in [6.07, 6.45) is 12.1. The lowest BCUT2D eigenvalue weighted by atomic mass is 9.90. The molecule has 1 fully saturated rings. The Bertz CT molecular complexity index is 469. The van der Waals surface area contributed by atoms with E-state index in [1.54, 1.807) is 12.2 Å². The van der Waals surface area contributed by atoms with Gasteiger partial charge in [-0.1, -0.05) is 50.5 Å². The number of hydrogen-bond acceptors (Lipinski definition) is 4. The Morgan fingerprint density at radius 3 is 2.72 bits per heavy atom. The van der Waals surface area contributed by atoms with Crippen LogP contribution in [0.5, 0.6) is 0 Å². The Hall–Kier alpha value is -1.46. The highest BCUT2D eigenvalue weighted by atomic mass is 16.4. The van der Waals surface area contributed by atoms with Crippen LogP contribution in [0.2, 0.25) is 0 Å². The van der Waals surface area contributed by atoms with Crippen molar-refractivity contribution >= 4 is 11.8 Å². The van der Waals surface area contributed by atoms with Crippen molar-refractivity contribution < 1.29 is 24.9 Å². The zero-order valence-corrected chi connectivity index (χ0v) is 15.1. The van der Waals surface area contributed by atoms with Gasteiger partial charge in [-0.15, -0.1) is 0 Å². The molecule has 0 radical (unpaired) electrons. The van der Waals surface area contributed by atoms with E-state index in [-0.39, 0.29) is 30.5 Å². The first-order valence-corrected chi connectivity index (χ1v) is 9.39. The van der Waals surface area contributed by atoms with E-state index in [4.69, 9.17) is 5.11 Å². The number of rotatable bonds is 12. The number of Topliss-reactive ketones (excluding diaryl/α,β-unsaturated/α-hetero) is 1. The van der Waals surface area contributed by atoms with Gasteiger partial charge in [0.2, 0.25) is 0 Å². The molecule has 0 amide bonds. The van der Waals surface area contributed by atoms with E-state index < -0.39 is 18.2 Å². The van der Waals surface area contributed by atoms with Gasteiger partial charge >= 0.3 is 5.97 Å². The molecule has 0 bridgehead atoms. The highest BCUT2D eigenvalue weighted by Crippen LogP contribution is 2.33. The molecule has 5 heteroatoms. The first-order valence-electron chi connectivity index (χ1n) is 9.39. The number of aliphatic carboxylic acids is 1. The summed E-state index contributed by atoms with van der Waals surface area (Å²) in [5, 5.41) is 28.7. The molecule has 3 N–H and O–H groups in total. The Morgan fingerprint density at radius 1 is 1.28 bits per heavy atom. The van der Waals surface area contributed by atoms with Crippen molar-refractivity contribution in [2.45, 2.75) is 76.9 Å². The van der Waals surface area contributed by atoms with Crippen molar-refractivity contribution in [3.05, 3.63) is 24.3 Å². The minimum Gasteiger partial charge on any atom is -0.481 e. The third-order valence-electron chi connectivity index (χ3n) is 4.71. The molecule has 1 aliphatic rings. The van der Waals surface area contributed by atoms with Gasteiger partial charge in [-0.25, -0.2) is 0 Å². The van der Waals surface area contributed by atoms with Gasteiger partial charge < -0.3 is 15.3 Å². The van der Waals surface area contributed by atoms with Crippen molar-refractivity contribution in [3.63, 3.8) is 0 Å². The predicted molar refractivity (Wildman–Crippen MR) is 97.1 cm³/mol. The lowest BCUT2D eigenvalue weighted by Gasteiger charge is -2.16. The van der Waals surface area contributed by atoms with E-state index in [0.29, 0.717) is 25.7 Å². The molecule has 0 aromatic carbocycles. The molecule has 1 saturated carbocycles. The van der Waals surface area contributed by atoms with Crippen LogP contribution < -0.4 is 0 Å². The van der Waals surface area contributed by atoms with Crippen LogP contribution in [-0.4, -0.2) is 39.3 Å². The third-order valence-corrected chi connectivity index (χ3v) is 4.71. The number of allylic oxidation sites excluding steroid dienone is 2. The summed E-state index contributed by atoms with van der Waals surface area (Å²) in [6, 6.07) is 0. The molecule has 0 aromatic rings. The monoisotopic (exact) mass is 352 g/mol. The van der Waals surface area contributed by atoms with Gasteiger partial charge in [0, 0.05) is 24.7 Å². The molecule has 142 valence electrons. The van der Waals surface area contributed by atoms with E-state index in [9.17, 15) is 19.8 Å². The van der Waals surface area contributed by atoms with Crippen molar-refractivity contribution in [3.8, 4) is 0 Å². The Morgan fingerprint density at radius 2 is 2.04 bits per heavy atom. The molecule has 5 nitrogen and oxygen atoms in total. The topological polar surface area (TPSA) is 94.8 Å². The average Bonchev–Trinajstić information content (AvgIpc) is 2.82. The average molecular weight is 352 g/mol. The summed E-state index contributed by atoms with van der Waals surface area (Å²) in [5.74, 6) is -1.26. The van der Waals surface area contributed by atoms with Crippen LogP contribution in [-0.2, 0) is 9.59 Å². The largest absolute Gasteiger partial charge is 0.481 e. The number of unbranched alkanes of at least 4 members (excludes halogenated alkanes) is 3. The van der Waals surface area contributed by atoms with Crippen LogP contribution in [0.4, 0.5) is 0 Å². The van der Waals surface area contributed by atoms with Crippen molar-refractivity contribution in [2.75, 3.05) is 0 Å². The first-order chi connectivity index (χ1) is 12.0. The van der Waals surface area contributed by atoms with E-state index in [0.717, 1.165) is 19.3 Å². The van der Waals surface area contributed by atoms with Crippen LogP contribution in [0.15, 0.2) is 24.3 Å². The van der Waals surface area contributed by atoms with Gasteiger partial charge in [0.15, 0.2) is 0 Å². The van der Waals surface area contributed by atoms with Gasteiger partial charge in [0.1, 0.15) is 5.78 Å². The quantitative estimate of drug-likeness (QED) is 0.370. The standard InChI is InChI=1S/C20H32O5/c1-2-3-6-9-15(21)12-13-17-16(18(22)14-19(17)23)10-7-4-5-8-11-20(24)25/h4,7,12-13,15-17,19,21,23H,2-3,5-6,8-11,14H2,1H3,(H,24,25)/b7-4-,13-12+/t15-,16+,17-,19?/m1/s1. The van der Waals surface area contributed by atoms with Crippen LogP contribution in [0.25, 0.3) is 0 Å². The summed E-state index contributed by atoms with van der Waals surface area (Å²) in [5.41, 5.74) is 0. The number of aliphatic hydroxyl groups excluding tert-OH is 2. The first kappa shape index (κ1) is 21.6. The van der Waals surface area contributed by atoms with Gasteiger partial charge in [-0.2, -0.15) is 0 Å². The molecule has 0 aromatic heterocycles. The summed E-state index contributed by atoms with van der Waals surface area (Å²) in [6.45, 7) is 2.11. The highest BCUT2D eigenvalue weighted by molar-refractivity contribution is 5.84. The second-order valence-electron chi connectivity index (χ2n) is 6.86. The number of carbonyl (C=O) groups is 2. The minimum atomic E-state index is -0.801. The second kappa shape index (κ2) is 12.0. The van der Waals surface area contributed by atoms with Crippen LogP contribution in [0.3, 0.4) is 0 Å². The molecule has 0 heterocycles. The number of hydrogen-bond donors (Lipinski definition) is 3. The van der Waals surface area contributed by atoms with Crippen LogP contribution >= 0.6 is 0 Å². The fraction of sp³-hybridized carbons (Fsp3) is 0.700. The molecule has 1 unspecified atom stereocenters. The third kappa shape index (κ3) is 8.45. The Balaban J connectivity index is 2.48. The van der Waals surface area contributed by atoms with Gasteiger partial charge in [0.05, 0.1) is 12.2 Å². The molecular formula is C20H32O5. The van der Waals surface area contributed by atoms with E-state index in [2.05, 4.69) is 6.92 Å². The van der Waals surface area contributed by atoms with Crippen LogP contribution in [0, 0.1) is 11.8 Å². The molecule has 25 heavy (non-hydrogen) atoms. The number of carboxylic acids is 1. The highest BCUT2D eigenvalue weighted by Gasteiger charge is 2.39. The Kier molecular flexibility index (Phi) is 10.3. The molecule has 4 atom stereocenters. The number of carboxylic acid groups (broad SMARTS) is 1. The maximum Gasteiger partial charge on any atom is 0.303 e. The second-order valence-corrected chi connectivity index (χ2v) is 6.86. The molecule has 0 spiro atoms. The molecular weight excluding hydrogens is 320 g/mol. The molecule has 0 saturated heterocycles. The zero-order chi connectivity index (χ0) is 18.7.